The SMILES string of the molecule is Cc1ccc(C)c([C@H]2CCCN2C(=O)CCc2cncn2C)c1. The number of aromatic nitrogens is 2. The molecule has 1 fully saturated rings. The normalized spacial score (nSPS) is 17.7. The smallest absolute Gasteiger partial charge is 0.223 e. The largest absolute Gasteiger partial charge is 0.338 e. The van der Waals surface area contributed by atoms with Crippen molar-refractivity contribution in [3.05, 3.63) is 53.1 Å². The van der Waals surface area contributed by atoms with E-state index in [2.05, 4.69) is 41.9 Å². The van der Waals surface area contributed by atoms with Gasteiger partial charge in [0.1, 0.15) is 0 Å². The zero-order chi connectivity index (χ0) is 16.4. The Morgan fingerprint density at radius 3 is 2.91 bits per heavy atom. The molecule has 0 bridgehead atoms. The van der Waals surface area contributed by atoms with Crippen molar-refractivity contribution < 1.29 is 4.79 Å². The fourth-order valence-electron chi connectivity index (χ4n) is 3.51. The van der Waals surface area contributed by atoms with Gasteiger partial charge in [-0.3, -0.25) is 4.79 Å². The van der Waals surface area contributed by atoms with Gasteiger partial charge in [0, 0.05) is 31.9 Å². The van der Waals surface area contributed by atoms with E-state index in [1.165, 1.54) is 16.7 Å². The Kier molecular flexibility index (Phi) is 4.51. The molecule has 3 rings (SSSR count). The van der Waals surface area contributed by atoms with E-state index in [4.69, 9.17) is 0 Å². The quantitative estimate of drug-likeness (QED) is 0.868. The highest BCUT2D eigenvalue weighted by atomic mass is 16.2. The van der Waals surface area contributed by atoms with E-state index in [-0.39, 0.29) is 11.9 Å². The highest BCUT2D eigenvalue weighted by molar-refractivity contribution is 5.77. The van der Waals surface area contributed by atoms with Gasteiger partial charge in [0.2, 0.25) is 5.91 Å². The number of benzene rings is 1. The summed E-state index contributed by atoms with van der Waals surface area (Å²) in [7, 11) is 1.97. The molecule has 2 heterocycles. The maximum atomic E-state index is 12.7. The molecule has 4 nitrogen and oxygen atoms in total. The Hall–Kier alpha value is -2.10. The molecule has 122 valence electrons. The van der Waals surface area contributed by atoms with Gasteiger partial charge in [-0.05, 0) is 44.2 Å². The Labute approximate surface area is 138 Å². The number of hydrogen-bond acceptors (Lipinski definition) is 2. The third kappa shape index (κ3) is 3.31. The van der Waals surface area contributed by atoms with Crippen molar-refractivity contribution in [2.75, 3.05) is 6.54 Å². The first-order valence-corrected chi connectivity index (χ1v) is 8.38. The molecule has 1 aromatic heterocycles. The number of carbonyl (C=O) groups is 1. The number of likely N-dealkylation sites (tertiary alicyclic amines) is 1. The van der Waals surface area contributed by atoms with Crippen molar-refractivity contribution >= 4 is 5.91 Å². The molecule has 1 aliphatic heterocycles. The fraction of sp³-hybridized carbons (Fsp3) is 0.474. The van der Waals surface area contributed by atoms with Gasteiger partial charge in [-0.25, -0.2) is 4.98 Å². The Morgan fingerprint density at radius 1 is 1.35 bits per heavy atom. The number of hydrogen-bond donors (Lipinski definition) is 0. The summed E-state index contributed by atoms with van der Waals surface area (Å²) in [5.74, 6) is 0.259. The lowest BCUT2D eigenvalue weighted by Crippen LogP contribution is -2.31. The number of aryl methyl sites for hydroxylation is 4. The van der Waals surface area contributed by atoms with Gasteiger partial charge in [0.25, 0.3) is 0 Å². The van der Waals surface area contributed by atoms with Crippen molar-refractivity contribution in [2.45, 2.75) is 45.6 Å². The van der Waals surface area contributed by atoms with Crippen LogP contribution in [0.5, 0.6) is 0 Å². The van der Waals surface area contributed by atoms with Crippen LogP contribution in [0.3, 0.4) is 0 Å². The number of carbonyl (C=O) groups excluding carboxylic acids is 1. The summed E-state index contributed by atoms with van der Waals surface area (Å²) < 4.78 is 1.99. The van der Waals surface area contributed by atoms with Crippen LogP contribution in [0.25, 0.3) is 0 Å². The number of nitrogens with zero attached hydrogens (tertiary/aromatic N) is 3. The number of imidazole rings is 1. The molecular formula is C19H25N3O. The van der Waals surface area contributed by atoms with Gasteiger partial charge in [0.15, 0.2) is 0 Å². The summed E-state index contributed by atoms with van der Waals surface area (Å²) in [5, 5.41) is 0. The van der Waals surface area contributed by atoms with Crippen molar-refractivity contribution in [3.8, 4) is 0 Å². The standard InChI is InChI=1S/C19H25N3O/c1-14-6-7-15(2)17(11-14)18-5-4-10-22(18)19(23)9-8-16-12-20-13-21(16)3/h6-7,11-13,18H,4-5,8-10H2,1-3H3/t18-/m1/s1. The van der Waals surface area contributed by atoms with Crippen LogP contribution >= 0.6 is 0 Å². The van der Waals surface area contributed by atoms with Gasteiger partial charge < -0.3 is 9.47 Å². The Bertz CT molecular complexity index is 704. The molecule has 1 atom stereocenters. The predicted molar refractivity (Wildman–Crippen MR) is 91.1 cm³/mol. The summed E-state index contributed by atoms with van der Waals surface area (Å²) >= 11 is 0. The lowest BCUT2D eigenvalue weighted by atomic mass is 9.97. The topological polar surface area (TPSA) is 38.1 Å². The molecule has 1 aliphatic rings. The summed E-state index contributed by atoms with van der Waals surface area (Å²) in [6.45, 7) is 5.14. The second kappa shape index (κ2) is 6.57. The van der Waals surface area contributed by atoms with Crippen LogP contribution in [0, 0.1) is 13.8 Å². The minimum Gasteiger partial charge on any atom is -0.338 e. The Balaban J connectivity index is 1.72. The summed E-state index contributed by atoms with van der Waals surface area (Å²) in [6.07, 6.45) is 7.11. The maximum absolute atomic E-state index is 12.7. The Morgan fingerprint density at radius 2 is 2.17 bits per heavy atom. The first-order valence-electron chi connectivity index (χ1n) is 8.38. The summed E-state index contributed by atoms with van der Waals surface area (Å²) in [5.41, 5.74) is 4.98. The van der Waals surface area contributed by atoms with Crippen LogP contribution in [0.4, 0.5) is 0 Å². The van der Waals surface area contributed by atoms with E-state index < -0.39 is 0 Å². The van der Waals surface area contributed by atoms with Gasteiger partial charge in [0.05, 0.1) is 12.4 Å². The molecule has 23 heavy (non-hydrogen) atoms. The second-order valence-corrected chi connectivity index (χ2v) is 6.60. The minimum atomic E-state index is 0.244. The zero-order valence-corrected chi connectivity index (χ0v) is 14.2. The lowest BCUT2D eigenvalue weighted by molar-refractivity contribution is -0.132. The van der Waals surface area contributed by atoms with Gasteiger partial charge in [-0.2, -0.15) is 0 Å². The molecule has 2 aromatic rings. The molecule has 0 N–H and O–H groups in total. The van der Waals surface area contributed by atoms with Crippen LogP contribution < -0.4 is 0 Å². The number of amides is 1. The van der Waals surface area contributed by atoms with Gasteiger partial charge >= 0.3 is 0 Å². The van der Waals surface area contributed by atoms with Crippen molar-refractivity contribution in [1.29, 1.82) is 0 Å². The van der Waals surface area contributed by atoms with E-state index in [9.17, 15) is 4.79 Å². The first kappa shape index (κ1) is 15.8. The lowest BCUT2D eigenvalue weighted by Gasteiger charge is -2.27. The summed E-state index contributed by atoms with van der Waals surface area (Å²) in [6, 6.07) is 6.80. The third-order valence-electron chi connectivity index (χ3n) is 4.88. The molecule has 1 saturated heterocycles. The molecule has 0 aliphatic carbocycles. The molecule has 1 amide bonds. The average molecular weight is 311 g/mol. The average Bonchev–Trinajstić information content (AvgIpc) is 3.16. The van der Waals surface area contributed by atoms with Crippen LogP contribution in [-0.4, -0.2) is 26.9 Å². The molecular weight excluding hydrogens is 286 g/mol. The predicted octanol–water partition coefficient (Wildman–Crippen LogP) is 3.33. The van der Waals surface area contributed by atoms with E-state index in [0.29, 0.717) is 6.42 Å². The van der Waals surface area contributed by atoms with Crippen LogP contribution in [-0.2, 0) is 18.3 Å². The highest BCUT2D eigenvalue weighted by Crippen LogP contribution is 2.34. The van der Waals surface area contributed by atoms with Gasteiger partial charge in [-0.15, -0.1) is 0 Å². The van der Waals surface area contributed by atoms with E-state index >= 15 is 0 Å². The van der Waals surface area contributed by atoms with Crippen molar-refractivity contribution in [1.82, 2.24) is 14.5 Å². The summed E-state index contributed by atoms with van der Waals surface area (Å²) in [4.78, 5) is 18.9. The monoisotopic (exact) mass is 311 g/mol. The van der Waals surface area contributed by atoms with E-state index in [1.54, 1.807) is 6.33 Å². The van der Waals surface area contributed by atoms with Crippen LogP contribution in [0.2, 0.25) is 0 Å². The second-order valence-electron chi connectivity index (χ2n) is 6.60. The molecule has 4 heteroatoms. The van der Waals surface area contributed by atoms with E-state index in [0.717, 1.165) is 31.5 Å². The fourth-order valence-corrected chi connectivity index (χ4v) is 3.51. The van der Waals surface area contributed by atoms with E-state index in [1.807, 2.05) is 17.8 Å². The van der Waals surface area contributed by atoms with Crippen LogP contribution in [0.1, 0.15) is 47.7 Å². The van der Waals surface area contributed by atoms with Crippen molar-refractivity contribution in [3.63, 3.8) is 0 Å². The number of rotatable bonds is 4. The van der Waals surface area contributed by atoms with Gasteiger partial charge in [-0.1, -0.05) is 23.8 Å². The molecule has 0 radical (unpaired) electrons. The zero-order valence-electron chi connectivity index (χ0n) is 14.2. The first-order chi connectivity index (χ1) is 11.1. The third-order valence-corrected chi connectivity index (χ3v) is 4.88. The highest BCUT2D eigenvalue weighted by Gasteiger charge is 2.30. The van der Waals surface area contributed by atoms with Crippen LogP contribution in [0.15, 0.2) is 30.7 Å². The minimum absolute atomic E-state index is 0.244. The maximum Gasteiger partial charge on any atom is 0.223 e. The molecule has 0 spiro atoms. The molecule has 0 unspecified atom stereocenters. The molecule has 1 aromatic carbocycles. The van der Waals surface area contributed by atoms with Crippen molar-refractivity contribution in [2.24, 2.45) is 7.05 Å². The molecule has 0 saturated carbocycles.